The molecule has 4 rings (SSSR count). The summed E-state index contributed by atoms with van der Waals surface area (Å²) in [4.78, 5) is 3.43. The van der Waals surface area contributed by atoms with Gasteiger partial charge in [-0.15, -0.1) is 0 Å². The van der Waals surface area contributed by atoms with E-state index < -0.39 is 0 Å². The average Bonchev–Trinajstić information content (AvgIpc) is 3.28. The minimum Gasteiger partial charge on any atom is -0.353 e. The van der Waals surface area contributed by atoms with Gasteiger partial charge in [-0.3, -0.25) is 10.4 Å². The van der Waals surface area contributed by atoms with Crippen molar-refractivity contribution in [2.24, 2.45) is 5.73 Å². The van der Waals surface area contributed by atoms with E-state index in [1.165, 1.54) is 5.56 Å². The Kier molecular flexibility index (Phi) is 4.17. The summed E-state index contributed by atoms with van der Waals surface area (Å²) >= 11 is 0. The predicted molar refractivity (Wildman–Crippen MR) is 103 cm³/mol. The van der Waals surface area contributed by atoms with Crippen molar-refractivity contribution < 1.29 is 0 Å². The highest BCUT2D eigenvalue weighted by atomic mass is 15.1. The number of nitrogens with two attached hydrogens (primary N) is 1. The van der Waals surface area contributed by atoms with E-state index in [1.807, 2.05) is 18.2 Å². The maximum atomic E-state index is 9.03. The molecule has 1 unspecified atom stereocenters. The number of H-pyrrole nitrogens is 2. The fraction of sp³-hybridized carbons (Fsp3) is 0.200. The van der Waals surface area contributed by atoms with Crippen LogP contribution < -0.4 is 11.1 Å². The summed E-state index contributed by atoms with van der Waals surface area (Å²) in [6, 6.07) is 16.1. The monoisotopic (exact) mass is 344 g/mol. The third-order valence-corrected chi connectivity index (χ3v) is 4.64. The maximum absolute atomic E-state index is 9.03. The first kappa shape index (κ1) is 16.3. The Morgan fingerprint density at radius 2 is 2.08 bits per heavy atom. The van der Waals surface area contributed by atoms with Crippen molar-refractivity contribution in [3.8, 4) is 17.5 Å². The van der Waals surface area contributed by atoms with Crippen LogP contribution in [-0.2, 0) is 6.54 Å². The summed E-state index contributed by atoms with van der Waals surface area (Å²) in [5, 5.41) is 21.9. The van der Waals surface area contributed by atoms with Crippen LogP contribution in [0.25, 0.3) is 33.2 Å². The van der Waals surface area contributed by atoms with Gasteiger partial charge in [0.2, 0.25) is 0 Å². The van der Waals surface area contributed by atoms with Gasteiger partial charge in [0, 0.05) is 22.8 Å². The van der Waals surface area contributed by atoms with Gasteiger partial charge in [-0.25, -0.2) is 0 Å². The van der Waals surface area contributed by atoms with E-state index in [0.29, 0.717) is 5.56 Å². The number of hydrogen-bond donors (Lipinski definition) is 4. The number of aromatic nitrogens is 3. The van der Waals surface area contributed by atoms with E-state index in [-0.39, 0.29) is 6.17 Å². The van der Waals surface area contributed by atoms with Crippen LogP contribution in [0.3, 0.4) is 0 Å². The predicted octanol–water partition coefficient (Wildman–Crippen LogP) is 3.37. The van der Waals surface area contributed by atoms with Gasteiger partial charge in [-0.1, -0.05) is 13.0 Å². The van der Waals surface area contributed by atoms with E-state index >= 15 is 0 Å². The second-order valence-electron chi connectivity index (χ2n) is 6.44. The number of aromatic amines is 2. The molecule has 5 N–H and O–H groups in total. The second kappa shape index (κ2) is 6.64. The molecule has 0 aliphatic carbocycles. The highest BCUT2D eigenvalue weighted by Gasteiger charge is 2.12. The molecule has 0 saturated carbocycles. The Balaban J connectivity index is 1.68. The number of rotatable bonds is 5. The van der Waals surface area contributed by atoms with Gasteiger partial charge in [-0.2, -0.15) is 10.4 Å². The molecule has 2 aromatic carbocycles. The van der Waals surface area contributed by atoms with Crippen LogP contribution in [-0.4, -0.2) is 21.3 Å². The lowest BCUT2D eigenvalue weighted by atomic mass is 10.1. The first-order valence-corrected chi connectivity index (χ1v) is 8.67. The van der Waals surface area contributed by atoms with Crippen molar-refractivity contribution in [2.75, 3.05) is 0 Å². The third-order valence-electron chi connectivity index (χ3n) is 4.64. The molecular weight excluding hydrogens is 324 g/mol. The van der Waals surface area contributed by atoms with Gasteiger partial charge in [0.1, 0.15) is 5.69 Å². The van der Waals surface area contributed by atoms with Gasteiger partial charge < -0.3 is 10.7 Å². The molecule has 26 heavy (non-hydrogen) atoms. The summed E-state index contributed by atoms with van der Waals surface area (Å²) in [5.41, 5.74) is 11.5. The van der Waals surface area contributed by atoms with Crippen LogP contribution in [0.5, 0.6) is 0 Å². The number of nitrogens with zero attached hydrogens (tertiary/aromatic N) is 2. The molecule has 4 aromatic rings. The van der Waals surface area contributed by atoms with Crippen LogP contribution in [0, 0.1) is 11.3 Å². The molecule has 0 saturated heterocycles. The Morgan fingerprint density at radius 1 is 1.19 bits per heavy atom. The van der Waals surface area contributed by atoms with Gasteiger partial charge in [0.15, 0.2) is 0 Å². The lowest BCUT2D eigenvalue weighted by Gasteiger charge is -2.11. The first-order chi connectivity index (χ1) is 12.7. The zero-order valence-corrected chi connectivity index (χ0v) is 14.5. The van der Waals surface area contributed by atoms with Crippen molar-refractivity contribution in [3.05, 3.63) is 53.6 Å². The summed E-state index contributed by atoms with van der Waals surface area (Å²) in [7, 11) is 0. The molecule has 6 nitrogen and oxygen atoms in total. The van der Waals surface area contributed by atoms with Crippen molar-refractivity contribution in [1.29, 1.82) is 5.26 Å². The number of nitrogens with one attached hydrogen (secondary N) is 3. The molecule has 0 aliphatic heterocycles. The number of nitriles is 1. The minimum absolute atomic E-state index is 0.0150. The van der Waals surface area contributed by atoms with Gasteiger partial charge >= 0.3 is 0 Å². The molecule has 6 heteroatoms. The lowest BCUT2D eigenvalue weighted by Crippen LogP contribution is -2.35. The lowest BCUT2D eigenvalue weighted by molar-refractivity contribution is 0.513. The smallest absolute Gasteiger partial charge is 0.116 e. The van der Waals surface area contributed by atoms with Crippen molar-refractivity contribution in [3.63, 3.8) is 0 Å². The molecule has 0 fully saturated rings. The summed E-state index contributed by atoms with van der Waals surface area (Å²) in [6.07, 6.45) is 0.914. The summed E-state index contributed by atoms with van der Waals surface area (Å²) in [6.45, 7) is 2.81. The highest BCUT2D eigenvalue weighted by Crippen LogP contribution is 2.29. The molecule has 0 radical (unpaired) electrons. The van der Waals surface area contributed by atoms with Crippen LogP contribution in [0.1, 0.15) is 24.5 Å². The zero-order chi connectivity index (χ0) is 18.1. The molecule has 0 aliphatic rings. The van der Waals surface area contributed by atoms with E-state index in [1.54, 1.807) is 0 Å². The third kappa shape index (κ3) is 2.94. The molecule has 0 amide bonds. The molecule has 0 bridgehead atoms. The quantitative estimate of drug-likeness (QED) is 0.416. The molecule has 0 spiro atoms. The van der Waals surface area contributed by atoms with Crippen LogP contribution in [0.2, 0.25) is 0 Å². The molecule has 130 valence electrons. The van der Waals surface area contributed by atoms with E-state index in [9.17, 15) is 0 Å². The summed E-state index contributed by atoms with van der Waals surface area (Å²) in [5.74, 6) is 0. The van der Waals surface area contributed by atoms with Crippen molar-refractivity contribution in [1.82, 2.24) is 20.5 Å². The van der Waals surface area contributed by atoms with Gasteiger partial charge in [-0.05, 0) is 48.4 Å². The Hall–Kier alpha value is -3.14. The Morgan fingerprint density at radius 3 is 2.88 bits per heavy atom. The van der Waals surface area contributed by atoms with E-state index in [2.05, 4.69) is 57.8 Å². The normalized spacial score (nSPS) is 12.5. The Bertz CT molecular complexity index is 1110. The summed E-state index contributed by atoms with van der Waals surface area (Å²) < 4.78 is 0. The highest BCUT2D eigenvalue weighted by molar-refractivity contribution is 5.96. The van der Waals surface area contributed by atoms with Crippen LogP contribution >= 0.6 is 0 Å². The fourth-order valence-electron chi connectivity index (χ4n) is 3.11. The fourth-order valence-corrected chi connectivity index (χ4v) is 3.11. The second-order valence-corrected chi connectivity index (χ2v) is 6.44. The maximum Gasteiger partial charge on any atom is 0.116 e. The van der Waals surface area contributed by atoms with Crippen molar-refractivity contribution in [2.45, 2.75) is 26.1 Å². The zero-order valence-electron chi connectivity index (χ0n) is 14.5. The van der Waals surface area contributed by atoms with Crippen LogP contribution in [0.15, 0.2) is 42.5 Å². The molecular formula is C20H20N6. The Labute approximate surface area is 151 Å². The van der Waals surface area contributed by atoms with Gasteiger partial charge in [0.05, 0.1) is 29.0 Å². The molecule has 1 atom stereocenters. The van der Waals surface area contributed by atoms with E-state index in [0.717, 1.165) is 46.2 Å². The number of hydrogen-bond acceptors (Lipinski definition) is 4. The van der Waals surface area contributed by atoms with Gasteiger partial charge in [0.25, 0.3) is 0 Å². The average molecular weight is 344 g/mol. The van der Waals surface area contributed by atoms with E-state index in [4.69, 9.17) is 11.0 Å². The van der Waals surface area contributed by atoms with Crippen molar-refractivity contribution >= 4 is 21.8 Å². The molecule has 2 heterocycles. The SMILES string of the molecule is CCC(N)NCc1ccc2[nH]c(-c3n[nH]c4cc(C#N)ccc34)cc2c1. The largest absolute Gasteiger partial charge is 0.353 e. The topological polar surface area (TPSA) is 106 Å². The minimum atomic E-state index is 0.0150. The standard InChI is InChI=1S/C20H20N6/c1-2-19(22)23-11-13-4-6-16-14(7-13)9-18(24-16)20-15-5-3-12(10-21)8-17(15)25-26-20/h3-9,19,23-24H,2,11,22H2,1H3,(H,25,26). The number of fused-ring (bicyclic) bond motifs is 2. The number of benzene rings is 2. The molecule has 2 aromatic heterocycles. The van der Waals surface area contributed by atoms with Crippen LogP contribution in [0.4, 0.5) is 0 Å². The first-order valence-electron chi connectivity index (χ1n) is 8.67.